The average Bonchev–Trinajstić information content (AvgIpc) is 3.19. The predicted octanol–water partition coefficient (Wildman–Crippen LogP) is 2.64. The fraction of sp³-hybridized carbons (Fsp3) is 0.750. The van der Waals surface area contributed by atoms with Crippen LogP contribution in [0, 0.1) is 0 Å². The van der Waals surface area contributed by atoms with Crippen molar-refractivity contribution >= 4 is 23.5 Å². The van der Waals surface area contributed by atoms with Gasteiger partial charge in [-0.15, -0.1) is 5.11 Å². The molecule has 128 valence electrons. The fourth-order valence-corrected chi connectivity index (χ4v) is 3.50. The third-order valence-corrected chi connectivity index (χ3v) is 5.07. The lowest BCUT2D eigenvalue weighted by Crippen LogP contribution is -2.34. The number of hydrogen-bond acceptors (Lipinski definition) is 6. The molecule has 2 rings (SSSR count). The number of aliphatic imine (C=N–C) groups is 1. The first-order valence-corrected chi connectivity index (χ1v) is 9.50. The molecule has 0 aromatic heterocycles. The molecule has 23 heavy (non-hydrogen) atoms. The van der Waals surface area contributed by atoms with E-state index in [2.05, 4.69) is 15.2 Å². The van der Waals surface area contributed by atoms with Crippen molar-refractivity contribution in [1.29, 1.82) is 0 Å². The van der Waals surface area contributed by atoms with E-state index >= 15 is 0 Å². The Hall–Kier alpha value is -1.21. The molecule has 6 nitrogen and oxygen atoms in total. The van der Waals surface area contributed by atoms with Gasteiger partial charge >= 0.3 is 0 Å². The van der Waals surface area contributed by atoms with Gasteiger partial charge in [0.25, 0.3) is 0 Å². The smallest absolute Gasteiger partial charge is 0.223 e. The Morgan fingerprint density at radius 2 is 2.35 bits per heavy atom. The van der Waals surface area contributed by atoms with Crippen LogP contribution >= 0.6 is 11.8 Å². The number of aliphatic hydroxyl groups excluding tert-OH is 1. The second-order valence-electron chi connectivity index (χ2n) is 5.73. The van der Waals surface area contributed by atoms with E-state index in [1.54, 1.807) is 0 Å². The zero-order chi connectivity index (χ0) is 16.5. The van der Waals surface area contributed by atoms with Crippen molar-refractivity contribution in [3.8, 4) is 0 Å². The predicted molar refractivity (Wildman–Crippen MR) is 93.9 cm³/mol. The number of azo groups is 1. The van der Waals surface area contributed by atoms with Crippen molar-refractivity contribution in [3.63, 3.8) is 0 Å². The molecule has 1 fully saturated rings. The van der Waals surface area contributed by atoms with Crippen LogP contribution in [0.15, 0.2) is 27.4 Å². The number of hydrogen-bond donors (Lipinski definition) is 1. The van der Waals surface area contributed by atoms with Crippen LogP contribution in [0.1, 0.15) is 39.0 Å². The molecule has 0 bridgehead atoms. The molecule has 1 amide bonds. The van der Waals surface area contributed by atoms with E-state index in [9.17, 15) is 9.90 Å². The lowest BCUT2D eigenvalue weighted by Gasteiger charge is -2.22. The van der Waals surface area contributed by atoms with Gasteiger partial charge in [-0.2, -0.15) is 16.9 Å². The second-order valence-corrected chi connectivity index (χ2v) is 6.95. The third-order valence-electron chi connectivity index (χ3n) is 4.02. The van der Waals surface area contributed by atoms with Crippen LogP contribution in [-0.2, 0) is 4.79 Å². The summed E-state index contributed by atoms with van der Waals surface area (Å²) in [6, 6.07) is 0.151. The van der Waals surface area contributed by atoms with Gasteiger partial charge in [0.05, 0.1) is 12.1 Å². The molecule has 1 N–H and O–H groups in total. The number of likely N-dealkylation sites (tertiary alicyclic amines) is 1. The molecule has 2 atom stereocenters. The van der Waals surface area contributed by atoms with Gasteiger partial charge in [0.1, 0.15) is 5.84 Å². The number of rotatable bonds is 10. The molecule has 2 aliphatic rings. The molecule has 0 aromatic carbocycles. The summed E-state index contributed by atoms with van der Waals surface area (Å²) in [7, 11) is 0. The molecular weight excluding hydrogens is 312 g/mol. The lowest BCUT2D eigenvalue weighted by molar-refractivity contribution is -0.128. The zero-order valence-corrected chi connectivity index (χ0v) is 14.5. The quantitative estimate of drug-likeness (QED) is 0.491. The first-order chi connectivity index (χ1) is 11.2. The summed E-state index contributed by atoms with van der Waals surface area (Å²) < 4.78 is 0. The maximum Gasteiger partial charge on any atom is 0.223 e. The van der Waals surface area contributed by atoms with Crippen molar-refractivity contribution in [2.75, 3.05) is 24.7 Å². The number of nitrogens with zero attached hydrogens (tertiary/aromatic N) is 4. The zero-order valence-electron chi connectivity index (χ0n) is 13.7. The average molecular weight is 338 g/mol. The van der Waals surface area contributed by atoms with Crippen molar-refractivity contribution in [2.24, 2.45) is 15.2 Å². The van der Waals surface area contributed by atoms with Crippen LogP contribution in [0.5, 0.6) is 0 Å². The van der Waals surface area contributed by atoms with Gasteiger partial charge in [-0.25, -0.2) is 4.99 Å². The summed E-state index contributed by atoms with van der Waals surface area (Å²) in [5.41, 5.74) is 0. The Bertz CT molecular complexity index is 479. The number of aliphatic hydroxyl groups is 1. The van der Waals surface area contributed by atoms with Crippen LogP contribution in [0.25, 0.3) is 0 Å². The van der Waals surface area contributed by atoms with Crippen LogP contribution in [0.4, 0.5) is 0 Å². The number of carbonyl (C=O) groups is 1. The van der Waals surface area contributed by atoms with E-state index < -0.39 is 6.10 Å². The van der Waals surface area contributed by atoms with Crippen molar-refractivity contribution in [2.45, 2.75) is 51.2 Å². The minimum atomic E-state index is -0.405. The van der Waals surface area contributed by atoms with Crippen molar-refractivity contribution in [1.82, 2.24) is 4.90 Å². The molecule has 0 unspecified atom stereocenters. The molecule has 7 heteroatoms. The Labute approximate surface area is 142 Å². The molecule has 1 saturated heterocycles. The highest BCUT2D eigenvalue weighted by atomic mass is 32.2. The van der Waals surface area contributed by atoms with Gasteiger partial charge in [-0.05, 0) is 25.0 Å². The Kier molecular flexibility index (Phi) is 7.74. The van der Waals surface area contributed by atoms with E-state index in [-0.39, 0.29) is 11.9 Å². The maximum atomic E-state index is 12.0. The Morgan fingerprint density at radius 3 is 3.09 bits per heavy atom. The van der Waals surface area contributed by atoms with E-state index in [4.69, 9.17) is 0 Å². The van der Waals surface area contributed by atoms with E-state index in [1.165, 1.54) is 0 Å². The topological polar surface area (TPSA) is 77.6 Å². The molecule has 0 aliphatic carbocycles. The number of thioether (sulfide) groups is 1. The Balaban J connectivity index is 1.63. The summed E-state index contributed by atoms with van der Waals surface area (Å²) >= 11 is 1.86. The van der Waals surface area contributed by atoms with E-state index in [0.717, 1.165) is 43.1 Å². The minimum absolute atomic E-state index is 0.151. The van der Waals surface area contributed by atoms with Crippen LogP contribution in [0.3, 0.4) is 0 Å². The van der Waals surface area contributed by atoms with Crippen LogP contribution in [0.2, 0.25) is 0 Å². The molecule has 2 heterocycles. The minimum Gasteiger partial charge on any atom is -0.389 e. The molecule has 0 radical (unpaired) electrons. The van der Waals surface area contributed by atoms with Crippen LogP contribution in [-0.4, -0.2) is 58.6 Å². The summed E-state index contributed by atoms with van der Waals surface area (Å²) in [5.74, 6) is 3.08. The van der Waals surface area contributed by atoms with Crippen molar-refractivity contribution < 1.29 is 9.90 Å². The summed E-state index contributed by atoms with van der Waals surface area (Å²) in [4.78, 5) is 18.1. The van der Waals surface area contributed by atoms with Gasteiger partial charge in [0.15, 0.2) is 6.67 Å². The Morgan fingerprint density at radius 1 is 1.48 bits per heavy atom. The second kappa shape index (κ2) is 9.82. The third kappa shape index (κ3) is 6.06. The SMILES string of the molecule is CC[C@H](O)/C=C/[C@H]1CCC(=O)N1CCSCCCC1=NCN=N1. The molecule has 0 aromatic rings. The monoisotopic (exact) mass is 338 g/mol. The normalized spacial score (nSPS) is 22.3. The lowest BCUT2D eigenvalue weighted by atomic mass is 10.1. The molecule has 2 aliphatic heterocycles. The first kappa shape index (κ1) is 18.1. The molecule has 0 saturated carbocycles. The van der Waals surface area contributed by atoms with Gasteiger partial charge in [-0.3, -0.25) is 4.79 Å². The van der Waals surface area contributed by atoms with Crippen molar-refractivity contribution in [3.05, 3.63) is 12.2 Å². The van der Waals surface area contributed by atoms with Crippen LogP contribution < -0.4 is 0 Å². The van der Waals surface area contributed by atoms with E-state index in [0.29, 0.717) is 19.5 Å². The van der Waals surface area contributed by atoms with E-state index in [1.807, 2.05) is 35.7 Å². The van der Waals surface area contributed by atoms with Gasteiger partial charge in [-0.1, -0.05) is 19.1 Å². The maximum absolute atomic E-state index is 12.0. The number of carbonyl (C=O) groups excluding carboxylic acids is 1. The summed E-state index contributed by atoms with van der Waals surface area (Å²) in [6.45, 7) is 3.21. The van der Waals surface area contributed by atoms with Gasteiger partial charge in [0.2, 0.25) is 5.91 Å². The first-order valence-electron chi connectivity index (χ1n) is 8.35. The standard InChI is InChI=1S/C16H26N4O2S/c1-2-14(21)7-5-13-6-8-16(22)20(13)9-11-23-10-3-4-15-17-12-18-19-15/h5,7,13-14,21H,2-4,6,8-12H2,1H3/b7-5+/t13-,14-/m0/s1. The number of amidine groups is 1. The summed E-state index contributed by atoms with van der Waals surface area (Å²) in [5, 5.41) is 17.4. The highest BCUT2D eigenvalue weighted by molar-refractivity contribution is 7.99. The largest absolute Gasteiger partial charge is 0.389 e. The highest BCUT2D eigenvalue weighted by Gasteiger charge is 2.28. The molecule has 0 spiro atoms. The van der Waals surface area contributed by atoms with Gasteiger partial charge in [0, 0.05) is 25.1 Å². The number of amides is 1. The molecular formula is C16H26N4O2S. The van der Waals surface area contributed by atoms with Gasteiger partial charge < -0.3 is 10.0 Å². The summed E-state index contributed by atoms with van der Waals surface area (Å²) in [6.07, 6.45) is 7.53. The fourth-order valence-electron chi connectivity index (χ4n) is 2.62. The highest BCUT2D eigenvalue weighted by Crippen LogP contribution is 2.21.